The molecule has 4 aromatic rings. The maximum atomic E-state index is 13.2. The molecule has 0 unspecified atom stereocenters. The number of pyridine rings is 1. The second kappa shape index (κ2) is 9.66. The summed E-state index contributed by atoms with van der Waals surface area (Å²) < 4.78 is 13.0. The summed E-state index contributed by atoms with van der Waals surface area (Å²) in [6.07, 6.45) is 1.97. The van der Waals surface area contributed by atoms with Gasteiger partial charge in [-0.05, 0) is 43.2 Å². The van der Waals surface area contributed by atoms with Gasteiger partial charge in [0.2, 0.25) is 6.79 Å². The third-order valence-corrected chi connectivity index (χ3v) is 6.20. The summed E-state index contributed by atoms with van der Waals surface area (Å²) in [4.78, 5) is 34.0. The highest BCUT2D eigenvalue weighted by atomic mass is 16.7. The van der Waals surface area contributed by atoms with Crippen molar-refractivity contribution in [1.82, 2.24) is 19.9 Å². The molecule has 2 N–H and O–H groups in total. The number of ether oxygens (including phenoxy) is 2. The van der Waals surface area contributed by atoms with E-state index in [1.54, 1.807) is 6.07 Å². The van der Waals surface area contributed by atoms with Gasteiger partial charge in [-0.25, -0.2) is 4.98 Å². The van der Waals surface area contributed by atoms with Crippen LogP contribution in [-0.4, -0.2) is 33.8 Å². The standard InChI is InChI=1S/C27H28N4O4/c1-3-6-21-26(27(33)28-12-11-25-29-19-7-4-5-8-20(19)30-25)22(32)13-17(2)31(21)15-18-9-10-23-24(14-18)35-16-34-23/h4-5,7-10,13-14H,3,6,11-12,15-16H2,1-2H3,(H,28,33)(H,29,30). The Morgan fingerprint density at radius 1 is 1.11 bits per heavy atom. The van der Waals surface area contributed by atoms with Gasteiger partial charge in [-0.15, -0.1) is 0 Å². The number of carbonyl (C=O) groups excluding carboxylic acids is 1. The van der Waals surface area contributed by atoms with Gasteiger partial charge in [-0.2, -0.15) is 0 Å². The average Bonchev–Trinajstić information content (AvgIpc) is 3.47. The lowest BCUT2D eigenvalue weighted by Crippen LogP contribution is -2.34. The summed E-state index contributed by atoms with van der Waals surface area (Å²) in [5.41, 5.74) is 4.38. The van der Waals surface area contributed by atoms with Gasteiger partial charge in [0.25, 0.3) is 5.91 Å². The highest BCUT2D eigenvalue weighted by Crippen LogP contribution is 2.33. The first-order valence-electron chi connectivity index (χ1n) is 11.9. The van der Waals surface area contributed by atoms with E-state index in [9.17, 15) is 9.59 Å². The minimum Gasteiger partial charge on any atom is -0.454 e. The van der Waals surface area contributed by atoms with Gasteiger partial charge < -0.3 is 24.3 Å². The minimum atomic E-state index is -0.353. The van der Waals surface area contributed by atoms with Crippen LogP contribution in [0.1, 0.15) is 46.5 Å². The van der Waals surface area contributed by atoms with Crippen molar-refractivity contribution < 1.29 is 14.3 Å². The first kappa shape index (κ1) is 22.7. The molecule has 2 aromatic carbocycles. The lowest BCUT2D eigenvalue weighted by atomic mass is 10.0. The van der Waals surface area contributed by atoms with E-state index in [0.717, 1.165) is 46.0 Å². The van der Waals surface area contributed by atoms with Gasteiger partial charge >= 0.3 is 0 Å². The van der Waals surface area contributed by atoms with Crippen molar-refractivity contribution in [3.63, 3.8) is 0 Å². The molecule has 0 saturated heterocycles. The van der Waals surface area contributed by atoms with Gasteiger partial charge in [0.15, 0.2) is 16.9 Å². The van der Waals surface area contributed by atoms with Crippen molar-refractivity contribution >= 4 is 16.9 Å². The SMILES string of the molecule is CCCc1c(C(=O)NCCc2nc3ccccc3[nH]2)c(=O)cc(C)n1Cc1ccc2c(c1)OCO2. The van der Waals surface area contributed by atoms with Gasteiger partial charge in [0.1, 0.15) is 11.4 Å². The van der Waals surface area contributed by atoms with Crippen LogP contribution in [0.5, 0.6) is 11.5 Å². The number of fused-ring (bicyclic) bond motifs is 2. The number of hydrogen-bond acceptors (Lipinski definition) is 5. The van der Waals surface area contributed by atoms with Crippen LogP contribution in [-0.2, 0) is 19.4 Å². The van der Waals surface area contributed by atoms with Gasteiger partial charge in [0.05, 0.1) is 11.0 Å². The van der Waals surface area contributed by atoms with Crippen molar-refractivity contribution in [3.05, 3.63) is 87.1 Å². The Bertz CT molecular complexity index is 1420. The maximum Gasteiger partial charge on any atom is 0.257 e. The molecule has 1 amide bonds. The lowest BCUT2D eigenvalue weighted by molar-refractivity contribution is 0.0951. The average molecular weight is 473 g/mol. The lowest BCUT2D eigenvalue weighted by Gasteiger charge is -2.20. The van der Waals surface area contributed by atoms with E-state index in [1.807, 2.05) is 56.3 Å². The number of amides is 1. The van der Waals surface area contributed by atoms with E-state index in [-0.39, 0.29) is 23.7 Å². The van der Waals surface area contributed by atoms with Crippen LogP contribution >= 0.6 is 0 Å². The molecule has 0 aliphatic carbocycles. The Balaban J connectivity index is 1.38. The third kappa shape index (κ3) is 4.64. The van der Waals surface area contributed by atoms with E-state index < -0.39 is 0 Å². The van der Waals surface area contributed by atoms with Crippen LogP contribution in [0.15, 0.2) is 53.3 Å². The normalized spacial score (nSPS) is 12.3. The number of aryl methyl sites for hydroxylation is 1. The minimum absolute atomic E-state index is 0.211. The molecule has 3 heterocycles. The first-order valence-corrected chi connectivity index (χ1v) is 11.9. The number of benzene rings is 2. The van der Waals surface area contributed by atoms with E-state index in [1.165, 1.54) is 0 Å². The Kier molecular flexibility index (Phi) is 6.27. The number of imidazole rings is 1. The fourth-order valence-electron chi connectivity index (χ4n) is 4.52. The molecule has 8 heteroatoms. The van der Waals surface area contributed by atoms with Crippen molar-refractivity contribution in [1.29, 1.82) is 0 Å². The summed E-state index contributed by atoms with van der Waals surface area (Å²) in [5, 5.41) is 2.93. The fraction of sp³-hybridized carbons (Fsp3) is 0.296. The van der Waals surface area contributed by atoms with E-state index >= 15 is 0 Å². The summed E-state index contributed by atoms with van der Waals surface area (Å²) in [6.45, 7) is 5.06. The highest BCUT2D eigenvalue weighted by Gasteiger charge is 2.21. The quantitative estimate of drug-likeness (QED) is 0.407. The smallest absolute Gasteiger partial charge is 0.257 e. The Morgan fingerprint density at radius 3 is 2.77 bits per heavy atom. The molecule has 2 aromatic heterocycles. The van der Waals surface area contributed by atoms with Crippen LogP contribution in [0, 0.1) is 6.92 Å². The molecule has 0 spiro atoms. The maximum absolute atomic E-state index is 13.2. The number of aromatic nitrogens is 3. The van der Waals surface area contributed by atoms with Crippen LogP contribution in [0.25, 0.3) is 11.0 Å². The number of aromatic amines is 1. The zero-order chi connectivity index (χ0) is 24.4. The number of para-hydroxylation sites is 2. The molecule has 5 rings (SSSR count). The van der Waals surface area contributed by atoms with E-state index in [0.29, 0.717) is 31.7 Å². The molecular weight excluding hydrogens is 444 g/mol. The summed E-state index contributed by atoms with van der Waals surface area (Å²) in [7, 11) is 0. The molecule has 0 saturated carbocycles. The van der Waals surface area contributed by atoms with Crippen LogP contribution in [0.3, 0.4) is 0 Å². The van der Waals surface area contributed by atoms with Crippen LogP contribution < -0.4 is 20.2 Å². The fourth-order valence-corrected chi connectivity index (χ4v) is 4.52. The summed E-state index contributed by atoms with van der Waals surface area (Å²) in [6, 6.07) is 15.2. The Hall–Kier alpha value is -4.07. The molecule has 35 heavy (non-hydrogen) atoms. The van der Waals surface area contributed by atoms with E-state index in [2.05, 4.69) is 19.9 Å². The predicted molar refractivity (Wildman–Crippen MR) is 133 cm³/mol. The van der Waals surface area contributed by atoms with Crippen LogP contribution in [0.2, 0.25) is 0 Å². The summed E-state index contributed by atoms with van der Waals surface area (Å²) >= 11 is 0. The largest absolute Gasteiger partial charge is 0.454 e. The molecule has 0 bridgehead atoms. The number of hydrogen-bond donors (Lipinski definition) is 2. The van der Waals surface area contributed by atoms with Crippen molar-refractivity contribution in [2.24, 2.45) is 0 Å². The molecule has 0 radical (unpaired) electrons. The van der Waals surface area contributed by atoms with Crippen LogP contribution in [0.4, 0.5) is 0 Å². The van der Waals surface area contributed by atoms with Gasteiger partial charge in [-0.1, -0.05) is 31.5 Å². The van der Waals surface area contributed by atoms with E-state index in [4.69, 9.17) is 9.47 Å². The zero-order valence-corrected chi connectivity index (χ0v) is 19.9. The molecule has 1 aliphatic heterocycles. The molecule has 1 aliphatic rings. The topological polar surface area (TPSA) is 98.2 Å². The molecule has 8 nitrogen and oxygen atoms in total. The highest BCUT2D eigenvalue weighted by molar-refractivity contribution is 5.95. The Morgan fingerprint density at radius 2 is 1.94 bits per heavy atom. The van der Waals surface area contributed by atoms with Gasteiger partial charge in [-0.3, -0.25) is 9.59 Å². The number of carbonyl (C=O) groups is 1. The van der Waals surface area contributed by atoms with Crippen molar-refractivity contribution in [3.8, 4) is 11.5 Å². The van der Waals surface area contributed by atoms with Crippen molar-refractivity contribution in [2.75, 3.05) is 13.3 Å². The molecule has 0 fully saturated rings. The second-order valence-corrected chi connectivity index (χ2v) is 8.70. The molecular formula is C27H28N4O4. The number of nitrogens with zero attached hydrogens (tertiary/aromatic N) is 2. The first-order chi connectivity index (χ1) is 17.0. The van der Waals surface area contributed by atoms with Gasteiger partial charge in [0, 0.05) is 37.0 Å². The third-order valence-electron chi connectivity index (χ3n) is 6.20. The number of nitrogens with one attached hydrogen (secondary N) is 2. The number of rotatable bonds is 8. The Labute approximate surface area is 202 Å². The zero-order valence-electron chi connectivity index (χ0n) is 19.9. The summed E-state index contributed by atoms with van der Waals surface area (Å²) in [5.74, 6) is 1.88. The number of H-pyrrole nitrogens is 1. The monoisotopic (exact) mass is 472 g/mol. The molecule has 180 valence electrons. The molecule has 0 atom stereocenters. The second-order valence-electron chi connectivity index (χ2n) is 8.70. The predicted octanol–water partition coefficient (Wildman–Crippen LogP) is 3.74. The van der Waals surface area contributed by atoms with Crippen molar-refractivity contribution in [2.45, 2.75) is 39.7 Å².